The fourth-order valence-corrected chi connectivity index (χ4v) is 5.14. The smallest absolute Gasteiger partial charge is 0.285 e. The van der Waals surface area contributed by atoms with E-state index in [2.05, 4.69) is 39.4 Å². The molecule has 4 aromatic carbocycles. The van der Waals surface area contributed by atoms with Gasteiger partial charge in [0.2, 0.25) is 0 Å². The molecule has 1 atom stereocenters. The van der Waals surface area contributed by atoms with E-state index in [0.29, 0.717) is 22.5 Å². The van der Waals surface area contributed by atoms with Crippen molar-refractivity contribution >= 4 is 38.8 Å². The van der Waals surface area contributed by atoms with E-state index in [9.17, 15) is 13.2 Å². The van der Waals surface area contributed by atoms with E-state index < -0.39 is 10.0 Å². The minimum absolute atomic E-state index is 0.155. The van der Waals surface area contributed by atoms with Gasteiger partial charge in [0.25, 0.3) is 15.9 Å². The van der Waals surface area contributed by atoms with E-state index >= 15 is 0 Å². The second kappa shape index (κ2) is 9.67. The van der Waals surface area contributed by atoms with Crippen molar-refractivity contribution < 1.29 is 13.2 Å². The van der Waals surface area contributed by atoms with E-state index in [1.807, 2.05) is 42.5 Å². The molecule has 4 aromatic rings. The molecule has 7 nitrogen and oxygen atoms in total. The molecule has 1 heterocycles. The first-order valence-corrected chi connectivity index (χ1v) is 12.9. The quantitative estimate of drug-likeness (QED) is 0.319. The molecule has 1 aliphatic heterocycles. The van der Waals surface area contributed by atoms with Gasteiger partial charge in [0, 0.05) is 34.2 Å². The Kier molecular flexibility index (Phi) is 6.26. The van der Waals surface area contributed by atoms with Gasteiger partial charge in [-0.1, -0.05) is 42.5 Å². The van der Waals surface area contributed by atoms with Crippen molar-refractivity contribution in [2.45, 2.75) is 17.9 Å². The number of nitrogens with one attached hydrogen (secondary N) is 3. The van der Waals surface area contributed by atoms with E-state index in [0.717, 1.165) is 5.69 Å². The zero-order valence-corrected chi connectivity index (χ0v) is 20.3. The van der Waals surface area contributed by atoms with Gasteiger partial charge in [-0.15, -0.1) is 4.40 Å². The monoisotopic (exact) mass is 496 g/mol. The lowest BCUT2D eigenvalue weighted by molar-refractivity contribution is 0.102. The van der Waals surface area contributed by atoms with Gasteiger partial charge in [-0.25, -0.2) is 0 Å². The van der Waals surface area contributed by atoms with Crippen molar-refractivity contribution in [3.8, 4) is 0 Å². The Morgan fingerprint density at radius 3 is 2.08 bits per heavy atom. The molecule has 0 radical (unpaired) electrons. The van der Waals surface area contributed by atoms with Crippen molar-refractivity contribution in [1.82, 2.24) is 0 Å². The summed E-state index contributed by atoms with van der Waals surface area (Å²) in [6.45, 7) is 2.10. The fraction of sp³-hybridized carbons (Fsp3) is 0.0714. The maximum absolute atomic E-state index is 12.7. The molecule has 0 bridgehead atoms. The number of carbonyl (C=O) groups excluding carboxylic acids is 1. The summed E-state index contributed by atoms with van der Waals surface area (Å²) >= 11 is 0. The zero-order valence-electron chi connectivity index (χ0n) is 19.5. The summed E-state index contributed by atoms with van der Waals surface area (Å²) < 4.78 is 28.3. The molecule has 8 heteroatoms. The minimum atomic E-state index is -3.70. The molecule has 0 aliphatic carbocycles. The molecule has 0 aromatic heterocycles. The highest BCUT2D eigenvalue weighted by Gasteiger charge is 2.28. The average molecular weight is 497 g/mol. The summed E-state index contributed by atoms with van der Waals surface area (Å²) in [7, 11) is -3.70. The number of benzene rings is 4. The van der Waals surface area contributed by atoms with Gasteiger partial charge in [0.05, 0.1) is 0 Å². The van der Waals surface area contributed by atoms with E-state index in [1.165, 1.54) is 11.6 Å². The molecule has 0 saturated heterocycles. The standard InChI is InChI=1S/C28H24N4O3S/c1-19(20-7-3-2-4-8-20)29-22-15-17-24(18-16-22)31-28(33)21-11-13-23(14-12-21)30-27-25-9-5-6-10-26(25)36(34,35)32-27/h2-19,29H,1H3,(H,30,32)(H,31,33). The molecule has 0 fully saturated rings. The Balaban J connectivity index is 1.21. The largest absolute Gasteiger partial charge is 0.379 e. The second-order valence-corrected chi connectivity index (χ2v) is 9.99. The highest BCUT2D eigenvalue weighted by Crippen LogP contribution is 2.27. The third-order valence-electron chi connectivity index (χ3n) is 5.87. The lowest BCUT2D eigenvalue weighted by atomic mass is 10.1. The number of amides is 1. The molecule has 5 rings (SSSR count). The van der Waals surface area contributed by atoms with Gasteiger partial charge in [0.1, 0.15) is 4.90 Å². The molecular weight excluding hydrogens is 472 g/mol. The maximum atomic E-state index is 12.7. The van der Waals surface area contributed by atoms with Crippen LogP contribution in [-0.4, -0.2) is 20.2 Å². The number of amidine groups is 1. The number of anilines is 3. The van der Waals surface area contributed by atoms with E-state index in [-0.39, 0.29) is 22.7 Å². The highest BCUT2D eigenvalue weighted by molar-refractivity contribution is 7.90. The predicted molar refractivity (Wildman–Crippen MR) is 143 cm³/mol. The average Bonchev–Trinajstić information content (AvgIpc) is 3.15. The van der Waals surface area contributed by atoms with Crippen LogP contribution >= 0.6 is 0 Å². The predicted octanol–water partition coefficient (Wildman–Crippen LogP) is 5.67. The number of carbonyl (C=O) groups is 1. The molecule has 0 saturated carbocycles. The van der Waals surface area contributed by atoms with Gasteiger partial charge in [-0.2, -0.15) is 8.42 Å². The van der Waals surface area contributed by atoms with Crippen LogP contribution in [0.4, 0.5) is 17.1 Å². The molecular formula is C28H24N4O3S. The molecule has 180 valence electrons. The van der Waals surface area contributed by atoms with Crippen LogP contribution in [-0.2, 0) is 10.0 Å². The molecule has 1 unspecified atom stereocenters. The van der Waals surface area contributed by atoms with Crippen molar-refractivity contribution in [2.24, 2.45) is 4.40 Å². The lowest BCUT2D eigenvalue weighted by Gasteiger charge is -2.16. The Morgan fingerprint density at radius 1 is 0.750 bits per heavy atom. The van der Waals surface area contributed by atoms with Crippen LogP contribution in [0.1, 0.15) is 34.5 Å². The summed E-state index contributed by atoms with van der Waals surface area (Å²) in [6.07, 6.45) is 0. The summed E-state index contributed by atoms with van der Waals surface area (Å²) in [5.74, 6) is 0.0177. The molecule has 3 N–H and O–H groups in total. The van der Waals surface area contributed by atoms with Crippen LogP contribution in [0.3, 0.4) is 0 Å². The lowest BCUT2D eigenvalue weighted by Crippen LogP contribution is -2.13. The zero-order chi connectivity index (χ0) is 25.1. The number of hydrogen-bond acceptors (Lipinski definition) is 5. The van der Waals surface area contributed by atoms with Crippen molar-refractivity contribution in [2.75, 3.05) is 16.0 Å². The van der Waals surface area contributed by atoms with E-state index in [1.54, 1.807) is 42.5 Å². The van der Waals surface area contributed by atoms with Gasteiger partial charge >= 0.3 is 0 Å². The summed E-state index contributed by atoms with van der Waals surface area (Å²) in [6, 6.07) is 31.3. The number of hydrogen-bond donors (Lipinski definition) is 3. The first-order valence-electron chi connectivity index (χ1n) is 11.4. The van der Waals surface area contributed by atoms with Gasteiger partial charge in [0.15, 0.2) is 5.84 Å². The highest BCUT2D eigenvalue weighted by atomic mass is 32.2. The Morgan fingerprint density at radius 2 is 1.36 bits per heavy atom. The van der Waals surface area contributed by atoms with Crippen LogP contribution in [0.15, 0.2) is 112 Å². The van der Waals surface area contributed by atoms with Crippen LogP contribution in [0, 0.1) is 0 Å². The molecule has 0 spiro atoms. The Labute approximate surface area is 210 Å². The maximum Gasteiger partial charge on any atom is 0.285 e. The fourth-order valence-electron chi connectivity index (χ4n) is 3.97. The van der Waals surface area contributed by atoms with Crippen LogP contribution in [0.25, 0.3) is 0 Å². The Hall–Kier alpha value is -4.43. The third kappa shape index (κ3) is 4.99. The molecule has 36 heavy (non-hydrogen) atoms. The number of rotatable bonds is 6. The Bertz CT molecular complexity index is 1530. The van der Waals surface area contributed by atoms with Gasteiger partial charge in [-0.05, 0) is 73.2 Å². The summed E-state index contributed by atoms with van der Waals surface area (Å²) in [5, 5.41) is 9.38. The van der Waals surface area contributed by atoms with Crippen LogP contribution in [0.2, 0.25) is 0 Å². The first kappa shape index (κ1) is 23.3. The van der Waals surface area contributed by atoms with Crippen LogP contribution in [0.5, 0.6) is 0 Å². The second-order valence-electron chi connectivity index (χ2n) is 8.42. The van der Waals surface area contributed by atoms with Crippen LogP contribution < -0.4 is 16.0 Å². The molecule has 1 amide bonds. The van der Waals surface area contributed by atoms with Crippen molar-refractivity contribution in [1.29, 1.82) is 0 Å². The molecule has 1 aliphatic rings. The minimum Gasteiger partial charge on any atom is -0.379 e. The normalized spacial score (nSPS) is 14.3. The number of fused-ring (bicyclic) bond motifs is 1. The van der Waals surface area contributed by atoms with Gasteiger partial charge < -0.3 is 16.0 Å². The first-order chi connectivity index (χ1) is 17.4. The number of nitrogens with zero attached hydrogens (tertiary/aromatic N) is 1. The SMILES string of the molecule is CC(Nc1ccc(NC(=O)c2ccc(NC3=NS(=O)(=O)c4ccccc43)cc2)cc1)c1ccccc1. The topological polar surface area (TPSA) is 99.7 Å². The number of sulfonamides is 1. The third-order valence-corrected chi connectivity index (χ3v) is 7.20. The van der Waals surface area contributed by atoms with Gasteiger partial charge in [-0.3, -0.25) is 4.79 Å². The van der Waals surface area contributed by atoms with Crippen molar-refractivity contribution in [3.63, 3.8) is 0 Å². The summed E-state index contributed by atoms with van der Waals surface area (Å²) in [5.41, 5.74) is 4.46. The van der Waals surface area contributed by atoms with Crippen molar-refractivity contribution in [3.05, 3.63) is 120 Å². The van der Waals surface area contributed by atoms with E-state index in [4.69, 9.17) is 0 Å². The summed E-state index contributed by atoms with van der Waals surface area (Å²) in [4.78, 5) is 12.9.